The third-order valence-electron chi connectivity index (χ3n) is 2.04. The van der Waals surface area contributed by atoms with Crippen molar-refractivity contribution in [2.75, 3.05) is 20.3 Å². The van der Waals surface area contributed by atoms with Crippen molar-refractivity contribution in [2.45, 2.75) is 6.42 Å². The number of benzene rings is 1. The molecule has 1 aromatic carbocycles. The number of nitro benzene ring substituents is 1. The number of nitrogens with zero attached hydrogens (tertiary/aromatic N) is 1. The Labute approximate surface area is 97.3 Å². The highest BCUT2D eigenvalue weighted by Crippen LogP contribution is 2.33. The molecule has 0 unspecified atom stereocenters. The van der Waals surface area contributed by atoms with Gasteiger partial charge in [0.25, 0.3) is 0 Å². The molecule has 0 bridgehead atoms. The fraction of sp³-hybridized carbons (Fsp3) is 0.400. The summed E-state index contributed by atoms with van der Waals surface area (Å²) in [4.78, 5) is 9.99. The number of methoxy groups -OCH3 is 1. The van der Waals surface area contributed by atoms with Crippen LogP contribution in [0.2, 0.25) is 0 Å². The van der Waals surface area contributed by atoms with Crippen LogP contribution in [0.3, 0.4) is 0 Å². The van der Waals surface area contributed by atoms with Crippen LogP contribution >= 0.6 is 0 Å². The Balaban J connectivity index is 3.01. The molecule has 1 aromatic rings. The Morgan fingerprint density at radius 3 is 2.71 bits per heavy atom. The molecule has 1 rings (SSSR count). The molecule has 0 fully saturated rings. The van der Waals surface area contributed by atoms with E-state index in [1.165, 1.54) is 7.11 Å². The van der Waals surface area contributed by atoms with Gasteiger partial charge in [-0.3, -0.25) is 10.1 Å². The summed E-state index contributed by atoms with van der Waals surface area (Å²) in [5.41, 5.74) is 4.84. The first kappa shape index (κ1) is 13.2. The van der Waals surface area contributed by atoms with E-state index in [0.717, 1.165) is 12.1 Å². The molecule has 0 spiro atoms. The van der Waals surface area contributed by atoms with Crippen LogP contribution in [-0.2, 0) is 0 Å². The van der Waals surface area contributed by atoms with Crippen LogP contribution in [0.15, 0.2) is 12.1 Å². The molecule has 0 aliphatic carbocycles. The molecule has 0 radical (unpaired) electrons. The van der Waals surface area contributed by atoms with E-state index in [1.54, 1.807) is 0 Å². The largest absolute Gasteiger partial charge is 0.494 e. The topological polar surface area (TPSA) is 87.6 Å². The normalized spacial score (nSPS) is 10.1. The number of nitrogens with two attached hydrogens (primary N) is 1. The number of halogens is 1. The predicted octanol–water partition coefficient (Wildman–Crippen LogP) is 1.47. The molecule has 0 atom stereocenters. The highest BCUT2D eigenvalue weighted by atomic mass is 19.1. The van der Waals surface area contributed by atoms with Gasteiger partial charge in [0, 0.05) is 6.07 Å². The Bertz CT molecular complexity index is 412. The maximum Gasteiger partial charge on any atom is 0.314 e. The monoisotopic (exact) mass is 244 g/mol. The lowest BCUT2D eigenvalue weighted by Gasteiger charge is -2.08. The van der Waals surface area contributed by atoms with Crippen molar-refractivity contribution in [3.63, 3.8) is 0 Å². The molecule has 2 N–H and O–H groups in total. The average Bonchev–Trinajstić information content (AvgIpc) is 2.30. The third kappa shape index (κ3) is 3.28. The maximum absolute atomic E-state index is 13.3. The predicted molar refractivity (Wildman–Crippen MR) is 58.8 cm³/mol. The molecule has 0 saturated carbocycles. The van der Waals surface area contributed by atoms with Gasteiger partial charge < -0.3 is 15.2 Å². The second kappa shape index (κ2) is 6.00. The number of ether oxygens (including phenoxy) is 2. The smallest absolute Gasteiger partial charge is 0.314 e. The van der Waals surface area contributed by atoms with Gasteiger partial charge in [-0.15, -0.1) is 0 Å². The molecule has 7 heteroatoms. The summed E-state index contributed by atoms with van der Waals surface area (Å²) in [6.45, 7) is 0.637. The van der Waals surface area contributed by atoms with E-state index in [-0.39, 0.29) is 18.1 Å². The van der Waals surface area contributed by atoms with Crippen molar-refractivity contribution in [1.29, 1.82) is 0 Å². The average molecular weight is 244 g/mol. The number of rotatable bonds is 6. The second-order valence-corrected chi connectivity index (χ2v) is 3.20. The molecule has 0 aliphatic rings. The lowest BCUT2D eigenvalue weighted by molar-refractivity contribution is -0.386. The van der Waals surface area contributed by atoms with Crippen LogP contribution < -0.4 is 15.2 Å². The van der Waals surface area contributed by atoms with Gasteiger partial charge in [0.15, 0.2) is 11.6 Å². The SMILES string of the molecule is COc1cc(OCCCN)c([N+](=O)[O-])cc1F. The summed E-state index contributed by atoms with van der Waals surface area (Å²) in [6.07, 6.45) is 0.552. The molecule has 94 valence electrons. The zero-order valence-corrected chi connectivity index (χ0v) is 9.31. The Morgan fingerprint density at radius 1 is 1.47 bits per heavy atom. The van der Waals surface area contributed by atoms with Gasteiger partial charge in [0.1, 0.15) is 0 Å². The number of nitro groups is 1. The van der Waals surface area contributed by atoms with Crippen LogP contribution in [-0.4, -0.2) is 25.2 Å². The molecule has 0 aliphatic heterocycles. The second-order valence-electron chi connectivity index (χ2n) is 3.20. The van der Waals surface area contributed by atoms with E-state index in [9.17, 15) is 14.5 Å². The minimum Gasteiger partial charge on any atom is -0.494 e. The van der Waals surface area contributed by atoms with Gasteiger partial charge >= 0.3 is 5.69 Å². The van der Waals surface area contributed by atoms with Crippen molar-refractivity contribution < 1.29 is 18.8 Å². The van der Waals surface area contributed by atoms with Crippen LogP contribution in [0.5, 0.6) is 11.5 Å². The minimum absolute atomic E-state index is 0.0262. The van der Waals surface area contributed by atoms with E-state index in [0.29, 0.717) is 13.0 Å². The molecule has 6 nitrogen and oxygen atoms in total. The summed E-state index contributed by atoms with van der Waals surface area (Å²) in [6, 6.07) is 1.93. The standard InChI is InChI=1S/C10H13FN2O4/c1-16-9-6-10(17-4-2-3-12)8(13(14)15)5-7(9)11/h5-6H,2-4,12H2,1H3. The van der Waals surface area contributed by atoms with Crippen molar-refractivity contribution in [1.82, 2.24) is 0 Å². The Hall–Kier alpha value is -1.89. The molecule has 17 heavy (non-hydrogen) atoms. The van der Waals surface area contributed by atoms with Gasteiger partial charge in [0.05, 0.1) is 24.7 Å². The molecule has 0 saturated heterocycles. The summed E-state index contributed by atoms with van der Waals surface area (Å²) < 4.78 is 23.2. The molecule has 0 heterocycles. The Morgan fingerprint density at radius 2 is 2.18 bits per heavy atom. The zero-order chi connectivity index (χ0) is 12.8. The number of hydrogen-bond donors (Lipinski definition) is 1. The zero-order valence-electron chi connectivity index (χ0n) is 9.31. The highest BCUT2D eigenvalue weighted by Gasteiger charge is 2.20. The first-order valence-electron chi connectivity index (χ1n) is 4.95. The third-order valence-corrected chi connectivity index (χ3v) is 2.04. The van der Waals surface area contributed by atoms with Crippen molar-refractivity contribution in [3.8, 4) is 11.5 Å². The van der Waals surface area contributed by atoms with Crippen molar-refractivity contribution in [3.05, 3.63) is 28.1 Å². The molecule has 0 aromatic heterocycles. The van der Waals surface area contributed by atoms with Crippen molar-refractivity contribution in [2.24, 2.45) is 5.73 Å². The lowest BCUT2D eigenvalue weighted by atomic mass is 10.2. The van der Waals surface area contributed by atoms with Gasteiger partial charge in [-0.25, -0.2) is 4.39 Å². The summed E-state index contributed by atoms with van der Waals surface area (Å²) >= 11 is 0. The van der Waals surface area contributed by atoms with Gasteiger partial charge in [-0.1, -0.05) is 0 Å². The first-order valence-corrected chi connectivity index (χ1v) is 4.95. The molecular formula is C10H13FN2O4. The number of hydrogen-bond acceptors (Lipinski definition) is 5. The summed E-state index contributed by atoms with van der Waals surface area (Å²) in [5, 5.41) is 10.7. The maximum atomic E-state index is 13.3. The van der Waals surface area contributed by atoms with Gasteiger partial charge in [0.2, 0.25) is 5.75 Å². The van der Waals surface area contributed by atoms with Crippen LogP contribution in [0.1, 0.15) is 6.42 Å². The van der Waals surface area contributed by atoms with E-state index >= 15 is 0 Å². The Kier molecular flexibility index (Phi) is 4.65. The molecular weight excluding hydrogens is 231 g/mol. The van der Waals surface area contributed by atoms with E-state index in [1.807, 2.05) is 0 Å². The van der Waals surface area contributed by atoms with E-state index in [4.69, 9.17) is 15.2 Å². The van der Waals surface area contributed by atoms with Crippen LogP contribution in [0, 0.1) is 15.9 Å². The fourth-order valence-electron chi connectivity index (χ4n) is 1.20. The van der Waals surface area contributed by atoms with Crippen LogP contribution in [0.4, 0.5) is 10.1 Å². The highest BCUT2D eigenvalue weighted by molar-refractivity contribution is 5.51. The van der Waals surface area contributed by atoms with Crippen molar-refractivity contribution >= 4 is 5.69 Å². The fourth-order valence-corrected chi connectivity index (χ4v) is 1.20. The summed E-state index contributed by atoms with van der Waals surface area (Å²) in [7, 11) is 1.27. The quantitative estimate of drug-likeness (QED) is 0.465. The lowest BCUT2D eigenvalue weighted by Crippen LogP contribution is -2.07. The van der Waals surface area contributed by atoms with E-state index in [2.05, 4.69) is 0 Å². The molecule has 0 amide bonds. The van der Waals surface area contributed by atoms with Gasteiger partial charge in [-0.2, -0.15) is 0 Å². The minimum atomic E-state index is -0.801. The van der Waals surface area contributed by atoms with E-state index < -0.39 is 16.4 Å². The van der Waals surface area contributed by atoms with Crippen LogP contribution in [0.25, 0.3) is 0 Å². The summed E-state index contributed by atoms with van der Waals surface area (Å²) in [5.74, 6) is -0.926. The van der Waals surface area contributed by atoms with Gasteiger partial charge in [-0.05, 0) is 13.0 Å². The first-order chi connectivity index (χ1) is 8.10.